The fraction of sp³-hybridized carbons (Fsp3) is 0.130. The van der Waals surface area contributed by atoms with Crippen LogP contribution in [0.25, 0.3) is 0 Å². The van der Waals surface area contributed by atoms with Gasteiger partial charge in [0.05, 0.1) is 12.8 Å². The van der Waals surface area contributed by atoms with E-state index in [1.54, 1.807) is 30.5 Å². The van der Waals surface area contributed by atoms with Gasteiger partial charge in [-0.3, -0.25) is 4.79 Å². The minimum absolute atomic E-state index is 0.285. The number of hydrogen-bond acceptors (Lipinski definition) is 4. The van der Waals surface area contributed by atoms with E-state index < -0.39 is 0 Å². The number of carbonyl (C=O) groups is 1. The van der Waals surface area contributed by atoms with Gasteiger partial charge in [-0.2, -0.15) is 5.10 Å². The molecule has 148 valence electrons. The first-order valence-corrected chi connectivity index (χ1v) is 9.55. The number of nitrogens with one attached hydrogen (secondary N) is 1. The minimum atomic E-state index is -0.285. The fourth-order valence-electron chi connectivity index (χ4n) is 2.50. The quantitative estimate of drug-likeness (QED) is 0.417. The predicted octanol–water partition coefficient (Wildman–Crippen LogP) is 5.08. The summed E-state index contributed by atoms with van der Waals surface area (Å²) in [5.74, 6) is 1.19. The Morgan fingerprint density at radius 3 is 2.21 bits per heavy atom. The molecule has 0 radical (unpaired) electrons. The highest BCUT2D eigenvalue weighted by atomic mass is 35.5. The van der Waals surface area contributed by atoms with Crippen molar-refractivity contribution in [2.24, 2.45) is 5.10 Å². The molecule has 0 unspecified atom stereocenters. The van der Waals surface area contributed by atoms with Crippen LogP contribution in [-0.2, 0) is 6.61 Å². The van der Waals surface area contributed by atoms with Crippen LogP contribution in [0, 0.1) is 0 Å². The van der Waals surface area contributed by atoms with Crippen LogP contribution in [0.15, 0.2) is 77.9 Å². The fourth-order valence-corrected chi connectivity index (χ4v) is 2.62. The van der Waals surface area contributed by atoms with E-state index in [0.717, 1.165) is 22.6 Å². The molecule has 0 aromatic heterocycles. The van der Waals surface area contributed by atoms with E-state index in [2.05, 4.69) is 10.5 Å². The molecule has 0 bridgehead atoms. The lowest BCUT2D eigenvalue weighted by molar-refractivity contribution is 0.0955. The highest BCUT2D eigenvalue weighted by molar-refractivity contribution is 6.30. The Labute approximate surface area is 174 Å². The molecule has 3 rings (SSSR count). The molecule has 0 heterocycles. The van der Waals surface area contributed by atoms with Crippen LogP contribution in [-0.4, -0.2) is 18.7 Å². The maximum absolute atomic E-state index is 12.1. The van der Waals surface area contributed by atoms with Crippen molar-refractivity contribution in [1.82, 2.24) is 5.43 Å². The van der Waals surface area contributed by atoms with E-state index in [1.807, 2.05) is 55.5 Å². The average Bonchev–Trinajstić information content (AvgIpc) is 2.75. The van der Waals surface area contributed by atoms with Crippen molar-refractivity contribution < 1.29 is 14.3 Å². The second-order valence-electron chi connectivity index (χ2n) is 6.14. The number of benzene rings is 3. The van der Waals surface area contributed by atoms with Gasteiger partial charge in [-0.15, -0.1) is 0 Å². The normalized spacial score (nSPS) is 10.7. The molecule has 0 atom stereocenters. The van der Waals surface area contributed by atoms with Gasteiger partial charge < -0.3 is 9.47 Å². The Balaban J connectivity index is 1.49. The number of carbonyl (C=O) groups excluding carboxylic acids is 1. The number of hydrogen-bond donors (Lipinski definition) is 1. The molecule has 1 amide bonds. The van der Waals surface area contributed by atoms with Gasteiger partial charge in [0.25, 0.3) is 5.91 Å². The number of amides is 1. The Hall–Kier alpha value is -3.31. The van der Waals surface area contributed by atoms with E-state index in [4.69, 9.17) is 21.1 Å². The molecule has 3 aromatic rings. The Morgan fingerprint density at radius 1 is 0.931 bits per heavy atom. The lowest BCUT2D eigenvalue weighted by Crippen LogP contribution is -2.17. The van der Waals surface area contributed by atoms with Crippen molar-refractivity contribution >= 4 is 23.7 Å². The number of hydrazone groups is 1. The van der Waals surface area contributed by atoms with Crippen molar-refractivity contribution in [2.45, 2.75) is 13.5 Å². The SMILES string of the molecule is CCOc1ccc(C(=O)N/N=C\c2ccc(OCc3ccc(Cl)cc3)cc2)cc1. The van der Waals surface area contributed by atoms with Crippen LogP contribution in [0.4, 0.5) is 0 Å². The van der Waals surface area contributed by atoms with Gasteiger partial charge in [-0.25, -0.2) is 5.43 Å². The topological polar surface area (TPSA) is 59.9 Å². The molecule has 5 nitrogen and oxygen atoms in total. The van der Waals surface area contributed by atoms with Gasteiger partial charge in [-0.1, -0.05) is 23.7 Å². The van der Waals surface area contributed by atoms with Crippen molar-refractivity contribution in [3.63, 3.8) is 0 Å². The number of halogens is 1. The summed E-state index contributed by atoms with van der Waals surface area (Å²) in [5, 5.41) is 4.70. The van der Waals surface area contributed by atoms with Gasteiger partial charge in [-0.05, 0) is 78.7 Å². The third-order valence-electron chi connectivity index (χ3n) is 4.01. The third-order valence-corrected chi connectivity index (χ3v) is 4.26. The molecule has 0 spiro atoms. The summed E-state index contributed by atoms with van der Waals surface area (Å²) in [6.45, 7) is 2.96. The summed E-state index contributed by atoms with van der Waals surface area (Å²) in [6.07, 6.45) is 1.58. The molecular formula is C23H21ClN2O3. The van der Waals surface area contributed by atoms with Crippen LogP contribution in [0.1, 0.15) is 28.4 Å². The molecule has 6 heteroatoms. The van der Waals surface area contributed by atoms with Crippen LogP contribution >= 0.6 is 11.6 Å². The largest absolute Gasteiger partial charge is 0.494 e. The lowest BCUT2D eigenvalue weighted by atomic mass is 10.2. The molecule has 0 aliphatic heterocycles. The molecule has 1 N–H and O–H groups in total. The molecular weight excluding hydrogens is 388 g/mol. The van der Waals surface area contributed by atoms with Crippen LogP contribution in [0.5, 0.6) is 11.5 Å². The first-order valence-electron chi connectivity index (χ1n) is 9.17. The van der Waals surface area contributed by atoms with Crippen molar-refractivity contribution in [1.29, 1.82) is 0 Å². The second kappa shape index (κ2) is 10.3. The second-order valence-corrected chi connectivity index (χ2v) is 6.58. The Bertz CT molecular complexity index is 953. The summed E-state index contributed by atoms with van der Waals surface area (Å²) < 4.78 is 11.1. The molecule has 3 aromatic carbocycles. The smallest absolute Gasteiger partial charge is 0.271 e. The monoisotopic (exact) mass is 408 g/mol. The number of ether oxygens (including phenoxy) is 2. The highest BCUT2D eigenvalue weighted by Gasteiger charge is 2.04. The van der Waals surface area contributed by atoms with Gasteiger partial charge >= 0.3 is 0 Å². The molecule has 29 heavy (non-hydrogen) atoms. The van der Waals surface area contributed by atoms with E-state index in [-0.39, 0.29) is 5.91 Å². The predicted molar refractivity (Wildman–Crippen MR) is 115 cm³/mol. The summed E-state index contributed by atoms with van der Waals surface area (Å²) >= 11 is 5.88. The first-order chi connectivity index (χ1) is 14.1. The van der Waals surface area contributed by atoms with Gasteiger partial charge in [0.15, 0.2) is 0 Å². The lowest BCUT2D eigenvalue weighted by Gasteiger charge is -2.06. The van der Waals surface area contributed by atoms with Crippen LogP contribution < -0.4 is 14.9 Å². The summed E-state index contributed by atoms with van der Waals surface area (Å²) in [4.78, 5) is 12.1. The van der Waals surface area contributed by atoms with Gasteiger partial charge in [0, 0.05) is 10.6 Å². The highest BCUT2D eigenvalue weighted by Crippen LogP contribution is 2.15. The maximum atomic E-state index is 12.1. The minimum Gasteiger partial charge on any atom is -0.494 e. The molecule has 0 aliphatic rings. The number of nitrogens with zero attached hydrogens (tertiary/aromatic N) is 1. The third kappa shape index (κ3) is 6.36. The van der Waals surface area contributed by atoms with Crippen LogP contribution in [0.2, 0.25) is 5.02 Å². The summed E-state index contributed by atoms with van der Waals surface area (Å²) in [5.41, 5.74) is 4.91. The molecule has 0 saturated carbocycles. The van der Waals surface area contributed by atoms with Crippen molar-refractivity contribution in [2.75, 3.05) is 6.61 Å². The van der Waals surface area contributed by atoms with Crippen molar-refractivity contribution in [3.8, 4) is 11.5 Å². The molecule has 0 aliphatic carbocycles. The maximum Gasteiger partial charge on any atom is 0.271 e. The van der Waals surface area contributed by atoms with Gasteiger partial charge in [0.2, 0.25) is 0 Å². The van der Waals surface area contributed by atoms with Crippen LogP contribution in [0.3, 0.4) is 0 Å². The average molecular weight is 409 g/mol. The van der Waals surface area contributed by atoms with E-state index in [1.165, 1.54) is 0 Å². The standard InChI is InChI=1S/C23H21ClN2O3/c1-2-28-21-13-7-19(8-14-21)23(27)26-25-15-17-5-11-22(12-6-17)29-16-18-3-9-20(24)10-4-18/h3-15H,2,16H2,1H3,(H,26,27)/b25-15-. The zero-order valence-electron chi connectivity index (χ0n) is 16.0. The zero-order chi connectivity index (χ0) is 20.5. The Kier molecular flexibility index (Phi) is 7.25. The number of rotatable bonds is 8. The van der Waals surface area contributed by atoms with Crippen molar-refractivity contribution in [3.05, 3.63) is 94.5 Å². The first kappa shape index (κ1) is 20.4. The van der Waals surface area contributed by atoms with Gasteiger partial charge in [0.1, 0.15) is 18.1 Å². The van der Waals surface area contributed by atoms with E-state index >= 15 is 0 Å². The molecule has 0 saturated heterocycles. The Morgan fingerprint density at radius 2 is 1.55 bits per heavy atom. The van der Waals surface area contributed by atoms with E-state index in [0.29, 0.717) is 23.8 Å². The summed E-state index contributed by atoms with van der Waals surface area (Å²) in [6, 6.07) is 21.9. The molecule has 0 fully saturated rings. The zero-order valence-corrected chi connectivity index (χ0v) is 16.7. The summed E-state index contributed by atoms with van der Waals surface area (Å²) in [7, 11) is 0. The van der Waals surface area contributed by atoms with E-state index in [9.17, 15) is 4.79 Å².